The van der Waals surface area contributed by atoms with Gasteiger partial charge in [0.1, 0.15) is 12.2 Å². The van der Waals surface area contributed by atoms with Crippen LogP contribution in [-0.4, -0.2) is 17.9 Å². The molecular formula is C9H9N3O. The molecule has 0 bridgehead atoms. The van der Waals surface area contributed by atoms with Gasteiger partial charge in [-0.25, -0.2) is 4.98 Å². The highest BCUT2D eigenvalue weighted by molar-refractivity contribution is 5.93. The highest BCUT2D eigenvalue weighted by Crippen LogP contribution is 2.07. The molecule has 1 amide bonds. The van der Waals surface area contributed by atoms with E-state index in [2.05, 4.69) is 4.98 Å². The first-order valence-corrected chi connectivity index (χ1v) is 3.80. The fourth-order valence-corrected chi connectivity index (χ4v) is 0.866. The van der Waals surface area contributed by atoms with E-state index in [0.29, 0.717) is 5.82 Å². The first-order valence-electron chi connectivity index (χ1n) is 3.80. The monoisotopic (exact) mass is 175 g/mol. The van der Waals surface area contributed by atoms with Gasteiger partial charge in [-0.05, 0) is 12.1 Å². The number of carbonyl (C=O) groups is 1. The van der Waals surface area contributed by atoms with Gasteiger partial charge in [0.2, 0.25) is 5.91 Å². The summed E-state index contributed by atoms with van der Waals surface area (Å²) in [5.74, 6) is 0.309. The van der Waals surface area contributed by atoms with Crippen molar-refractivity contribution in [3.63, 3.8) is 0 Å². The molecule has 0 saturated heterocycles. The van der Waals surface area contributed by atoms with Crippen LogP contribution in [-0.2, 0) is 4.79 Å². The Morgan fingerprint density at radius 1 is 1.69 bits per heavy atom. The Kier molecular flexibility index (Phi) is 2.98. The summed E-state index contributed by atoms with van der Waals surface area (Å²) in [5, 5.41) is 8.31. The number of hydrogen-bond acceptors (Lipinski definition) is 3. The van der Waals surface area contributed by atoms with Crippen molar-refractivity contribution in [1.29, 1.82) is 5.26 Å². The van der Waals surface area contributed by atoms with E-state index in [4.69, 9.17) is 5.26 Å². The third kappa shape index (κ3) is 2.27. The molecule has 0 spiro atoms. The van der Waals surface area contributed by atoms with Crippen molar-refractivity contribution in [2.45, 2.75) is 6.42 Å². The zero-order valence-corrected chi connectivity index (χ0v) is 7.27. The Morgan fingerprint density at radius 3 is 3.00 bits per heavy atom. The number of carbonyl (C=O) groups excluding carboxylic acids is 1. The molecule has 0 aliphatic rings. The fraction of sp³-hybridized carbons (Fsp3) is 0.222. The smallest absolute Gasteiger partial charge is 0.242 e. The van der Waals surface area contributed by atoms with Crippen LogP contribution in [0.15, 0.2) is 24.4 Å². The number of rotatable bonds is 2. The van der Waals surface area contributed by atoms with E-state index < -0.39 is 0 Å². The van der Waals surface area contributed by atoms with Gasteiger partial charge in [0.25, 0.3) is 0 Å². The highest BCUT2D eigenvalue weighted by Gasteiger charge is 2.09. The van der Waals surface area contributed by atoms with Gasteiger partial charge in [-0.1, -0.05) is 6.07 Å². The van der Waals surface area contributed by atoms with Gasteiger partial charge in [0, 0.05) is 13.2 Å². The van der Waals surface area contributed by atoms with Crippen molar-refractivity contribution >= 4 is 11.7 Å². The van der Waals surface area contributed by atoms with Crippen LogP contribution in [0.1, 0.15) is 6.42 Å². The lowest BCUT2D eigenvalue weighted by Gasteiger charge is -2.13. The second-order valence-electron chi connectivity index (χ2n) is 2.48. The summed E-state index contributed by atoms with van der Waals surface area (Å²) in [7, 11) is 1.60. The van der Waals surface area contributed by atoms with Crippen molar-refractivity contribution in [2.24, 2.45) is 0 Å². The van der Waals surface area contributed by atoms with Gasteiger partial charge in [0.05, 0.1) is 6.07 Å². The van der Waals surface area contributed by atoms with E-state index in [-0.39, 0.29) is 12.3 Å². The maximum absolute atomic E-state index is 11.2. The molecule has 0 saturated carbocycles. The standard InChI is InChI=1S/C9H9N3O/c1-12(9(13)5-6-10)8-4-2-3-7-11-8/h2-4,7H,5H2,1H3. The molecule has 1 aromatic rings. The molecule has 13 heavy (non-hydrogen) atoms. The summed E-state index contributed by atoms with van der Waals surface area (Å²) in [6, 6.07) is 7.08. The van der Waals surface area contributed by atoms with Crippen LogP contribution in [0, 0.1) is 11.3 Å². The number of anilines is 1. The number of pyridine rings is 1. The second kappa shape index (κ2) is 4.21. The molecule has 4 nitrogen and oxygen atoms in total. The number of nitriles is 1. The Hall–Kier alpha value is -1.89. The lowest BCUT2D eigenvalue weighted by Crippen LogP contribution is -2.26. The maximum atomic E-state index is 11.2. The number of aromatic nitrogens is 1. The first kappa shape index (κ1) is 9.20. The SMILES string of the molecule is CN(C(=O)CC#N)c1ccccn1. The van der Waals surface area contributed by atoms with Crippen molar-refractivity contribution in [3.05, 3.63) is 24.4 Å². The van der Waals surface area contributed by atoms with E-state index >= 15 is 0 Å². The van der Waals surface area contributed by atoms with Crippen LogP contribution in [0.3, 0.4) is 0 Å². The van der Waals surface area contributed by atoms with Crippen LogP contribution in [0.2, 0.25) is 0 Å². The van der Waals surface area contributed by atoms with Crippen molar-refractivity contribution in [3.8, 4) is 6.07 Å². The van der Waals surface area contributed by atoms with Crippen molar-refractivity contribution in [1.82, 2.24) is 4.98 Å². The molecule has 1 rings (SSSR count). The van der Waals surface area contributed by atoms with Crippen LogP contribution in [0.4, 0.5) is 5.82 Å². The largest absolute Gasteiger partial charge is 0.299 e. The predicted molar refractivity (Wildman–Crippen MR) is 47.9 cm³/mol. The van der Waals surface area contributed by atoms with Crippen LogP contribution in [0.25, 0.3) is 0 Å². The lowest BCUT2D eigenvalue weighted by molar-refractivity contribution is -0.117. The summed E-state index contributed by atoms with van der Waals surface area (Å²) in [5.41, 5.74) is 0. The van der Waals surface area contributed by atoms with Gasteiger partial charge in [-0.2, -0.15) is 5.26 Å². The topological polar surface area (TPSA) is 57.0 Å². The minimum absolute atomic E-state index is 0.118. The maximum Gasteiger partial charge on any atom is 0.242 e. The minimum atomic E-state index is -0.249. The molecule has 0 aromatic carbocycles. The molecule has 1 aromatic heterocycles. The summed E-state index contributed by atoms with van der Waals surface area (Å²) < 4.78 is 0. The summed E-state index contributed by atoms with van der Waals surface area (Å²) in [6.07, 6.45) is 1.48. The summed E-state index contributed by atoms with van der Waals surface area (Å²) in [6.45, 7) is 0. The van der Waals surface area contributed by atoms with Gasteiger partial charge in [-0.3, -0.25) is 9.69 Å². The zero-order valence-electron chi connectivity index (χ0n) is 7.27. The molecule has 66 valence electrons. The van der Waals surface area contributed by atoms with E-state index in [1.807, 2.05) is 0 Å². The Bertz CT molecular complexity index is 328. The van der Waals surface area contributed by atoms with Gasteiger partial charge >= 0.3 is 0 Å². The number of hydrogen-bond donors (Lipinski definition) is 0. The molecule has 4 heteroatoms. The van der Waals surface area contributed by atoms with Gasteiger partial charge < -0.3 is 0 Å². The number of amides is 1. The van der Waals surface area contributed by atoms with Crippen molar-refractivity contribution < 1.29 is 4.79 Å². The van der Waals surface area contributed by atoms with E-state index in [1.165, 1.54) is 4.90 Å². The summed E-state index contributed by atoms with van der Waals surface area (Å²) >= 11 is 0. The molecule has 0 radical (unpaired) electrons. The molecule has 0 atom stereocenters. The fourth-order valence-electron chi connectivity index (χ4n) is 0.866. The molecule has 0 aliphatic heterocycles. The van der Waals surface area contributed by atoms with Crippen LogP contribution >= 0.6 is 0 Å². The number of nitrogens with zero attached hydrogens (tertiary/aromatic N) is 3. The third-order valence-corrected chi connectivity index (χ3v) is 1.60. The molecule has 0 unspecified atom stereocenters. The van der Waals surface area contributed by atoms with Gasteiger partial charge in [-0.15, -0.1) is 0 Å². The molecular weight excluding hydrogens is 166 g/mol. The highest BCUT2D eigenvalue weighted by atomic mass is 16.2. The Labute approximate surface area is 76.4 Å². The quantitative estimate of drug-likeness (QED) is 0.672. The first-order chi connectivity index (χ1) is 6.25. The predicted octanol–water partition coefficient (Wildman–Crippen LogP) is 0.958. The molecule has 0 N–H and O–H groups in total. The average molecular weight is 175 g/mol. The Morgan fingerprint density at radius 2 is 2.46 bits per heavy atom. The second-order valence-corrected chi connectivity index (χ2v) is 2.48. The van der Waals surface area contributed by atoms with Crippen LogP contribution in [0.5, 0.6) is 0 Å². The molecule has 1 heterocycles. The molecule has 0 aliphatic carbocycles. The average Bonchev–Trinajstić information content (AvgIpc) is 2.18. The minimum Gasteiger partial charge on any atom is -0.299 e. The third-order valence-electron chi connectivity index (χ3n) is 1.60. The van der Waals surface area contributed by atoms with Gasteiger partial charge in [0.15, 0.2) is 0 Å². The Balaban J connectivity index is 2.75. The molecule has 0 fully saturated rings. The lowest BCUT2D eigenvalue weighted by atomic mass is 10.4. The van der Waals surface area contributed by atoms with E-state index in [0.717, 1.165) is 0 Å². The van der Waals surface area contributed by atoms with E-state index in [9.17, 15) is 4.79 Å². The zero-order chi connectivity index (χ0) is 9.68. The van der Waals surface area contributed by atoms with Crippen LogP contribution < -0.4 is 4.90 Å². The van der Waals surface area contributed by atoms with Crippen molar-refractivity contribution in [2.75, 3.05) is 11.9 Å². The normalized spacial score (nSPS) is 8.92. The van der Waals surface area contributed by atoms with E-state index in [1.54, 1.807) is 37.5 Å². The summed E-state index contributed by atoms with van der Waals surface area (Å²) in [4.78, 5) is 16.5.